The van der Waals surface area contributed by atoms with Crippen LogP contribution in [-0.2, 0) is 14.8 Å². The summed E-state index contributed by atoms with van der Waals surface area (Å²) in [6.07, 6.45) is 1.38. The van der Waals surface area contributed by atoms with Crippen molar-refractivity contribution in [3.05, 3.63) is 70.7 Å². The first-order valence-electron chi connectivity index (χ1n) is 11.4. The number of hydrogen-bond acceptors (Lipinski definition) is 8. The Morgan fingerprint density at radius 1 is 0.974 bits per heavy atom. The molecule has 0 heterocycles. The number of amides is 1. The summed E-state index contributed by atoms with van der Waals surface area (Å²) in [5.74, 6) is 1.18. The number of anilines is 1. The van der Waals surface area contributed by atoms with Gasteiger partial charge in [-0.1, -0.05) is 15.9 Å². The van der Waals surface area contributed by atoms with Crippen LogP contribution in [0.5, 0.6) is 23.0 Å². The number of halogens is 1. The summed E-state index contributed by atoms with van der Waals surface area (Å²) in [5.41, 5.74) is 3.23. The summed E-state index contributed by atoms with van der Waals surface area (Å²) < 4.78 is 50.1. The molecule has 0 saturated heterocycles. The van der Waals surface area contributed by atoms with Crippen molar-refractivity contribution < 1.29 is 32.2 Å². The summed E-state index contributed by atoms with van der Waals surface area (Å²) in [5, 5.41) is 3.98. The number of ether oxygens (including phenoxy) is 4. The molecule has 0 atom stereocenters. The third-order valence-corrected chi connectivity index (χ3v) is 7.53. The van der Waals surface area contributed by atoms with Crippen LogP contribution in [0.25, 0.3) is 0 Å². The molecule has 0 bridgehead atoms. The maximum absolute atomic E-state index is 13.5. The minimum Gasteiger partial charge on any atom is -0.494 e. The molecular formula is C26H28BrN3O7S. The summed E-state index contributed by atoms with van der Waals surface area (Å²) in [6, 6.07) is 15.9. The van der Waals surface area contributed by atoms with Crippen molar-refractivity contribution in [3.63, 3.8) is 0 Å². The Morgan fingerprint density at radius 3 is 2.11 bits per heavy atom. The molecule has 0 saturated carbocycles. The number of hydrazone groups is 1. The summed E-state index contributed by atoms with van der Waals surface area (Å²) in [6.45, 7) is 1.80. The number of nitrogens with one attached hydrogen (secondary N) is 1. The fourth-order valence-electron chi connectivity index (χ4n) is 3.44. The first-order valence-corrected chi connectivity index (χ1v) is 13.6. The maximum Gasteiger partial charge on any atom is 0.264 e. The normalized spacial score (nSPS) is 11.2. The van der Waals surface area contributed by atoms with Crippen LogP contribution >= 0.6 is 15.9 Å². The van der Waals surface area contributed by atoms with Crippen LogP contribution in [0.15, 0.2) is 75.1 Å². The highest BCUT2D eigenvalue weighted by molar-refractivity contribution is 9.10. The molecule has 12 heteroatoms. The van der Waals surface area contributed by atoms with E-state index in [1.165, 1.54) is 39.7 Å². The molecule has 0 aliphatic rings. The zero-order valence-corrected chi connectivity index (χ0v) is 23.7. The Labute approximate surface area is 230 Å². The smallest absolute Gasteiger partial charge is 0.264 e. The number of hydrogen-bond donors (Lipinski definition) is 1. The maximum atomic E-state index is 13.5. The van der Waals surface area contributed by atoms with Crippen LogP contribution in [0.4, 0.5) is 5.69 Å². The number of rotatable bonds is 12. The van der Waals surface area contributed by atoms with E-state index < -0.39 is 22.5 Å². The quantitative estimate of drug-likeness (QED) is 0.243. The number of carbonyl (C=O) groups excluding carboxylic acids is 1. The zero-order chi connectivity index (χ0) is 27.7. The standard InChI is InChI=1S/C26H28BrN3O7S/c1-5-37-21-10-8-20(9-11-21)30(38(32,33)22-12-6-19(27)7-13-22)17-25(31)29-28-16-18-14-23(34-2)26(36-4)24(15-18)35-3/h6-16H,5,17H2,1-4H3,(H,29,31)/b28-16-. The fraction of sp³-hybridized carbons (Fsp3) is 0.231. The van der Waals surface area contributed by atoms with Crippen molar-refractivity contribution >= 4 is 43.8 Å². The van der Waals surface area contributed by atoms with E-state index in [4.69, 9.17) is 18.9 Å². The molecule has 0 fully saturated rings. The number of nitrogens with zero attached hydrogens (tertiary/aromatic N) is 2. The van der Waals surface area contributed by atoms with E-state index in [0.29, 0.717) is 40.9 Å². The van der Waals surface area contributed by atoms with Crippen molar-refractivity contribution in [1.29, 1.82) is 0 Å². The predicted molar refractivity (Wildman–Crippen MR) is 148 cm³/mol. The average Bonchev–Trinajstić information content (AvgIpc) is 2.92. The van der Waals surface area contributed by atoms with Crippen molar-refractivity contribution in [2.45, 2.75) is 11.8 Å². The highest BCUT2D eigenvalue weighted by Gasteiger charge is 2.27. The van der Waals surface area contributed by atoms with Crippen molar-refractivity contribution in [3.8, 4) is 23.0 Å². The summed E-state index contributed by atoms with van der Waals surface area (Å²) in [7, 11) is 0.386. The Morgan fingerprint density at radius 2 is 1.58 bits per heavy atom. The largest absolute Gasteiger partial charge is 0.494 e. The SMILES string of the molecule is CCOc1ccc(N(CC(=O)N/N=C\c2cc(OC)c(OC)c(OC)c2)S(=O)(=O)c2ccc(Br)cc2)cc1. The molecular weight excluding hydrogens is 578 g/mol. The Bertz CT molecular complexity index is 1350. The van der Waals surface area contributed by atoms with Crippen molar-refractivity contribution in [2.75, 3.05) is 38.8 Å². The Hall–Kier alpha value is -3.77. The number of benzene rings is 3. The predicted octanol–water partition coefficient (Wildman–Crippen LogP) is 4.22. The van der Waals surface area contributed by atoms with E-state index in [-0.39, 0.29) is 4.90 Å². The van der Waals surface area contributed by atoms with Gasteiger partial charge in [0.15, 0.2) is 11.5 Å². The molecule has 0 aromatic heterocycles. The first-order chi connectivity index (χ1) is 18.2. The second-order valence-electron chi connectivity index (χ2n) is 7.64. The fourth-order valence-corrected chi connectivity index (χ4v) is 5.13. The number of methoxy groups -OCH3 is 3. The van der Waals surface area contributed by atoms with E-state index >= 15 is 0 Å². The van der Waals surface area contributed by atoms with Crippen LogP contribution in [0.3, 0.4) is 0 Å². The first kappa shape index (κ1) is 28.8. The molecule has 1 N–H and O–H groups in total. The third kappa shape index (κ3) is 6.95. The summed E-state index contributed by atoms with van der Waals surface area (Å²) in [4.78, 5) is 12.9. The highest BCUT2D eigenvalue weighted by atomic mass is 79.9. The van der Waals surface area contributed by atoms with E-state index in [9.17, 15) is 13.2 Å². The lowest BCUT2D eigenvalue weighted by Gasteiger charge is -2.24. The molecule has 0 radical (unpaired) electrons. The number of sulfonamides is 1. The van der Waals surface area contributed by atoms with Gasteiger partial charge in [-0.25, -0.2) is 13.8 Å². The second-order valence-corrected chi connectivity index (χ2v) is 10.4. The van der Waals surface area contributed by atoms with Crippen LogP contribution in [0.2, 0.25) is 0 Å². The number of carbonyl (C=O) groups is 1. The molecule has 202 valence electrons. The average molecular weight is 606 g/mol. The minimum atomic E-state index is -4.08. The lowest BCUT2D eigenvalue weighted by molar-refractivity contribution is -0.119. The van der Waals surface area contributed by atoms with Gasteiger partial charge in [0, 0.05) is 10.0 Å². The van der Waals surface area contributed by atoms with Crippen molar-refractivity contribution in [2.24, 2.45) is 5.10 Å². The Balaban J connectivity index is 1.85. The third-order valence-electron chi connectivity index (χ3n) is 5.21. The van der Waals surface area contributed by atoms with Crippen LogP contribution in [-0.4, -0.2) is 55.0 Å². The van der Waals surface area contributed by atoms with Crippen LogP contribution in [0.1, 0.15) is 12.5 Å². The monoisotopic (exact) mass is 605 g/mol. The topological polar surface area (TPSA) is 116 Å². The van der Waals surface area contributed by atoms with Gasteiger partial charge < -0.3 is 18.9 Å². The van der Waals surface area contributed by atoms with Gasteiger partial charge in [0.2, 0.25) is 5.75 Å². The van der Waals surface area contributed by atoms with Crippen LogP contribution in [0, 0.1) is 0 Å². The molecule has 3 aromatic carbocycles. The lowest BCUT2D eigenvalue weighted by atomic mass is 10.2. The molecule has 0 unspecified atom stereocenters. The minimum absolute atomic E-state index is 0.0308. The summed E-state index contributed by atoms with van der Waals surface area (Å²) >= 11 is 3.31. The molecule has 0 spiro atoms. The van der Waals surface area contributed by atoms with E-state index in [1.54, 1.807) is 48.5 Å². The van der Waals surface area contributed by atoms with Gasteiger partial charge >= 0.3 is 0 Å². The van der Waals surface area contributed by atoms with Gasteiger partial charge in [-0.2, -0.15) is 5.10 Å². The zero-order valence-electron chi connectivity index (χ0n) is 21.3. The van der Waals surface area contributed by atoms with E-state index in [1.807, 2.05) is 6.92 Å². The lowest BCUT2D eigenvalue weighted by Crippen LogP contribution is -2.39. The van der Waals surface area contributed by atoms with Gasteiger partial charge in [0.05, 0.1) is 44.7 Å². The molecule has 3 rings (SSSR count). The van der Waals surface area contributed by atoms with E-state index in [2.05, 4.69) is 26.5 Å². The second kappa shape index (κ2) is 13.2. The van der Waals surface area contributed by atoms with E-state index in [0.717, 1.165) is 8.78 Å². The van der Waals surface area contributed by atoms with Gasteiger partial charge in [0.25, 0.3) is 15.9 Å². The molecule has 38 heavy (non-hydrogen) atoms. The van der Waals surface area contributed by atoms with Gasteiger partial charge in [0.1, 0.15) is 12.3 Å². The molecule has 10 nitrogen and oxygen atoms in total. The van der Waals surface area contributed by atoms with Gasteiger partial charge in [-0.3, -0.25) is 9.10 Å². The molecule has 3 aromatic rings. The van der Waals surface area contributed by atoms with Crippen LogP contribution < -0.4 is 28.7 Å². The molecule has 0 aliphatic carbocycles. The highest BCUT2D eigenvalue weighted by Crippen LogP contribution is 2.37. The molecule has 0 aliphatic heterocycles. The Kier molecular flexibility index (Phi) is 9.97. The van der Waals surface area contributed by atoms with Crippen molar-refractivity contribution in [1.82, 2.24) is 5.43 Å². The van der Waals surface area contributed by atoms with Gasteiger partial charge in [-0.15, -0.1) is 0 Å². The molecule has 1 amide bonds. The van der Waals surface area contributed by atoms with Gasteiger partial charge in [-0.05, 0) is 67.6 Å².